The molecule has 3 aromatic rings. The second-order valence-electron chi connectivity index (χ2n) is 9.88. The van der Waals surface area contributed by atoms with Gasteiger partial charge in [0.1, 0.15) is 5.69 Å². The molecule has 186 valence electrons. The maximum absolute atomic E-state index is 13.4. The normalized spacial score (nSPS) is 15.7. The van der Waals surface area contributed by atoms with Crippen molar-refractivity contribution in [2.45, 2.75) is 26.5 Å². The molecule has 1 aromatic heterocycles. The van der Waals surface area contributed by atoms with Crippen LogP contribution in [0.25, 0.3) is 5.69 Å². The van der Waals surface area contributed by atoms with Crippen LogP contribution in [0, 0.1) is 5.41 Å². The second-order valence-corrected chi connectivity index (χ2v) is 11.3. The highest BCUT2D eigenvalue weighted by molar-refractivity contribution is 7.88. The lowest BCUT2D eigenvalue weighted by atomic mass is 9.99. The molecule has 2 N–H and O–H groups in total. The molecule has 1 aliphatic heterocycles. The van der Waals surface area contributed by atoms with Crippen LogP contribution in [-0.4, -0.2) is 51.4 Å². The number of anilines is 2. The molecule has 1 atom stereocenters. The average molecular weight is 496 g/mol. The second kappa shape index (κ2) is 10.7. The van der Waals surface area contributed by atoms with Crippen LogP contribution in [0.1, 0.15) is 26.3 Å². The van der Waals surface area contributed by atoms with Gasteiger partial charge in [-0.2, -0.15) is 9.78 Å². The van der Waals surface area contributed by atoms with E-state index in [1.54, 1.807) is 6.20 Å². The van der Waals surface area contributed by atoms with E-state index in [9.17, 15) is 9.35 Å². The van der Waals surface area contributed by atoms with Crippen LogP contribution in [0.3, 0.4) is 0 Å². The lowest BCUT2D eigenvalue weighted by molar-refractivity contribution is 0.195. The molecule has 9 heteroatoms. The summed E-state index contributed by atoms with van der Waals surface area (Å²) in [5.41, 5.74) is 8.41. The first-order chi connectivity index (χ1) is 16.7. The van der Waals surface area contributed by atoms with Gasteiger partial charge in [-0.3, -0.25) is 4.79 Å². The third-order valence-corrected chi connectivity index (χ3v) is 7.22. The van der Waals surface area contributed by atoms with Crippen LogP contribution in [-0.2, 0) is 17.1 Å². The Morgan fingerprint density at radius 1 is 1.03 bits per heavy atom. The van der Waals surface area contributed by atoms with Crippen molar-refractivity contribution in [2.75, 3.05) is 43.4 Å². The summed E-state index contributed by atoms with van der Waals surface area (Å²) in [4.78, 5) is 15.5. The number of benzene rings is 2. The highest BCUT2D eigenvalue weighted by Gasteiger charge is 2.29. The lowest BCUT2D eigenvalue weighted by Crippen LogP contribution is -2.49. The van der Waals surface area contributed by atoms with Gasteiger partial charge in [-0.1, -0.05) is 51.1 Å². The van der Waals surface area contributed by atoms with E-state index in [0.29, 0.717) is 61.4 Å². The molecule has 0 bridgehead atoms. The predicted octanol–water partition coefficient (Wildman–Crippen LogP) is 3.23. The van der Waals surface area contributed by atoms with E-state index in [0.717, 1.165) is 5.56 Å². The molecule has 8 nitrogen and oxygen atoms in total. The molecule has 0 saturated carbocycles. The van der Waals surface area contributed by atoms with Gasteiger partial charge >= 0.3 is 5.56 Å². The van der Waals surface area contributed by atoms with E-state index in [4.69, 9.17) is 10.5 Å². The molecule has 2 heterocycles. The fourth-order valence-corrected chi connectivity index (χ4v) is 5.04. The maximum Gasteiger partial charge on any atom is 0.316 e. The standard InChI is InChI=1S/C26H33N5O3S/c1-26(2,3)19-34-24-23(17-28-31(25(24)32)22-7-5-4-6-8-22)29-13-15-30(16-14-29)35(33)18-20-9-11-21(27)12-10-20/h4-12,17H,13-16,18-19,27H2,1-3H3. The lowest BCUT2D eigenvalue weighted by Gasteiger charge is -2.36. The molecule has 1 unspecified atom stereocenters. The molecule has 1 fully saturated rings. The Hall–Kier alpha value is -3.01. The van der Waals surface area contributed by atoms with E-state index < -0.39 is 11.4 Å². The molecular formula is C26H33N5O3S. The summed E-state index contributed by atoms with van der Waals surface area (Å²) in [7, 11) is 0. The van der Waals surface area contributed by atoms with Gasteiger partial charge < -0.3 is 19.9 Å². The van der Waals surface area contributed by atoms with Crippen molar-refractivity contribution < 1.29 is 9.29 Å². The Bertz CT molecular complexity index is 1170. The van der Waals surface area contributed by atoms with Gasteiger partial charge in [-0.05, 0) is 29.7 Å². The number of piperazine rings is 1. The van der Waals surface area contributed by atoms with Crippen LogP contribution in [0.5, 0.6) is 5.75 Å². The average Bonchev–Trinajstić information content (AvgIpc) is 2.84. The van der Waals surface area contributed by atoms with Crippen molar-refractivity contribution in [3.05, 3.63) is 76.7 Å². The molecule has 0 amide bonds. The Labute approximate surface area is 209 Å². The molecule has 0 spiro atoms. The Morgan fingerprint density at radius 3 is 2.31 bits per heavy atom. The number of ether oxygens (including phenoxy) is 1. The molecule has 1 saturated heterocycles. The molecule has 0 aliphatic carbocycles. The number of aromatic nitrogens is 2. The minimum Gasteiger partial charge on any atom is -0.598 e. The van der Waals surface area contributed by atoms with E-state index in [1.165, 1.54) is 4.68 Å². The van der Waals surface area contributed by atoms with Crippen molar-refractivity contribution >= 4 is 22.7 Å². The van der Waals surface area contributed by atoms with Gasteiger partial charge in [-0.15, -0.1) is 4.31 Å². The van der Waals surface area contributed by atoms with Gasteiger partial charge in [0.2, 0.25) is 5.75 Å². The highest BCUT2D eigenvalue weighted by Crippen LogP contribution is 2.28. The van der Waals surface area contributed by atoms with Crippen LogP contribution in [0.4, 0.5) is 11.4 Å². The summed E-state index contributed by atoms with van der Waals surface area (Å²) in [5, 5.41) is 4.44. The van der Waals surface area contributed by atoms with Crippen molar-refractivity contribution in [3.63, 3.8) is 0 Å². The fraction of sp³-hybridized carbons (Fsp3) is 0.385. The Kier molecular flexibility index (Phi) is 7.69. The van der Waals surface area contributed by atoms with E-state index in [2.05, 4.69) is 30.8 Å². The van der Waals surface area contributed by atoms with Gasteiger partial charge in [0.15, 0.2) is 5.75 Å². The number of nitrogens with two attached hydrogens (primary N) is 1. The molecule has 35 heavy (non-hydrogen) atoms. The van der Waals surface area contributed by atoms with E-state index >= 15 is 0 Å². The van der Waals surface area contributed by atoms with Crippen molar-refractivity contribution in [2.24, 2.45) is 5.41 Å². The molecule has 4 rings (SSSR count). The largest absolute Gasteiger partial charge is 0.598 e. The van der Waals surface area contributed by atoms with Gasteiger partial charge in [-0.25, -0.2) is 0 Å². The van der Waals surface area contributed by atoms with Gasteiger partial charge in [0.05, 0.1) is 31.6 Å². The Balaban J connectivity index is 1.51. The SMILES string of the molecule is CC(C)(C)COc1c(N2CCN([S+]([O-])Cc3ccc(N)cc3)CC2)cnn(-c2ccccc2)c1=O. The summed E-state index contributed by atoms with van der Waals surface area (Å²) in [5.74, 6) is 0.754. The first-order valence-corrected chi connectivity index (χ1v) is 13.0. The van der Waals surface area contributed by atoms with Gasteiger partial charge in [0, 0.05) is 35.7 Å². The smallest absolute Gasteiger partial charge is 0.316 e. The maximum atomic E-state index is 13.4. The number of nitrogens with zero attached hydrogens (tertiary/aromatic N) is 4. The molecule has 2 aromatic carbocycles. The van der Waals surface area contributed by atoms with Crippen molar-refractivity contribution in [1.29, 1.82) is 0 Å². The zero-order chi connectivity index (χ0) is 25.0. The first kappa shape index (κ1) is 25.1. The summed E-state index contributed by atoms with van der Waals surface area (Å²) in [6.07, 6.45) is 1.70. The monoisotopic (exact) mass is 495 g/mol. The summed E-state index contributed by atoms with van der Waals surface area (Å²) in [6.45, 7) is 9.08. The van der Waals surface area contributed by atoms with Crippen LogP contribution in [0.2, 0.25) is 0 Å². The summed E-state index contributed by atoms with van der Waals surface area (Å²) in [6, 6.07) is 16.8. The van der Waals surface area contributed by atoms with E-state index in [-0.39, 0.29) is 11.0 Å². The van der Waals surface area contributed by atoms with Crippen LogP contribution >= 0.6 is 0 Å². The van der Waals surface area contributed by atoms with E-state index in [1.807, 2.05) is 58.9 Å². The number of rotatable bonds is 7. The molecule has 0 radical (unpaired) electrons. The zero-order valence-corrected chi connectivity index (χ0v) is 21.3. The number of hydrogen-bond acceptors (Lipinski definition) is 7. The quantitative estimate of drug-likeness (QED) is 0.397. The minimum atomic E-state index is -1.14. The predicted molar refractivity (Wildman–Crippen MR) is 141 cm³/mol. The number of para-hydroxylation sites is 1. The Morgan fingerprint density at radius 2 is 1.69 bits per heavy atom. The fourth-order valence-electron chi connectivity index (χ4n) is 3.81. The third kappa shape index (κ3) is 6.36. The van der Waals surface area contributed by atoms with Gasteiger partial charge in [0.25, 0.3) is 0 Å². The molecule has 1 aliphatic rings. The summed E-state index contributed by atoms with van der Waals surface area (Å²) >= 11 is -1.14. The number of hydrogen-bond donors (Lipinski definition) is 1. The summed E-state index contributed by atoms with van der Waals surface area (Å²) < 4.78 is 22.4. The molecular weight excluding hydrogens is 462 g/mol. The minimum absolute atomic E-state index is 0.109. The topological polar surface area (TPSA) is 99.7 Å². The third-order valence-electron chi connectivity index (χ3n) is 5.70. The highest BCUT2D eigenvalue weighted by atomic mass is 32.2. The van der Waals surface area contributed by atoms with Crippen molar-refractivity contribution in [1.82, 2.24) is 14.1 Å². The van der Waals surface area contributed by atoms with Crippen LogP contribution in [0.15, 0.2) is 65.6 Å². The first-order valence-electron chi connectivity index (χ1n) is 11.7. The van der Waals surface area contributed by atoms with Crippen LogP contribution < -0.4 is 20.9 Å². The zero-order valence-electron chi connectivity index (χ0n) is 20.5. The van der Waals surface area contributed by atoms with Crippen molar-refractivity contribution in [3.8, 4) is 11.4 Å². The number of nitrogen functional groups attached to an aromatic ring is 1.